The molecule has 1 saturated heterocycles. The van der Waals surface area contributed by atoms with Gasteiger partial charge in [0.05, 0.1) is 12.6 Å². The molecule has 3 rings (SSSR count). The molecule has 0 aromatic heterocycles. The molecule has 0 radical (unpaired) electrons. The second-order valence-corrected chi connectivity index (χ2v) is 5.43. The minimum atomic E-state index is -0.648. The summed E-state index contributed by atoms with van der Waals surface area (Å²) in [7, 11) is 0. The lowest BCUT2D eigenvalue weighted by Crippen LogP contribution is -2.46. The highest BCUT2D eigenvalue weighted by Gasteiger charge is 2.40. The number of carbonyl (C=O) groups excluding carboxylic acids is 1. The monoisotopic (exact) mass is 282 g/mol. The van der Waals surface area contributed by atoms with E-state index < -0.39 is 17.7 Å². The summed E-state index contributed by atoms with van der Waals surface area (Å²) >= 11 is 0. The molecule has 1 aromatic rings. The SMILES string of the molecule is N[C@H]1C[C@@H](C(=O)N2OCC[C@H]2c2cc(F)cc(F)c2)C1. The third kappa shape index (κ3) is 2.41. The van der Waals surface area contributed by atoms with E-state index >= 15 is 0 Å². The molecule has 4 nitrogen and oxygen atoms in total. The first-order valence-corrected chi connectivity index (χ1v) is 6.72. The lowest BCUT2D eigenvalue weighted by Gasteiger charge is -2.35. The maximum atomic E-state index is 13.3. The predicted molar refractivity (Wildman–Crippen MR) is 67.2 cm³/mol. The van der Waals surface area contributed by atoms with E-state index in [1.54, 1.807) is 0 Å². The average Bonchev–Trinajstić information content (AvgIpc) is 2.82. The Hall–Kier alpha value is -1.53. The summed E-state index contributed by atoms with van der Waals surface area (Å²) in [5.41, 5.74) is 6.11. The van der Waals surface area contributed by atoms with E-state index in [0.717, 1.165) is 6.07 Å². The van der Waals surface area contributed by atoms with E-state index in [1.165, 1.54) is 17.2 Å². The molecule has 1 amide bonds. The van der Waals surface area contributed by atoms with Crippen molar-refractivity contribution in [3.05, 3.63) is 35.4 Å². The number of amides is 1. The van der Waals surface area contributed by atoms with E-state index in [0.29, 0.717) is 31.4 Å². The summed E-state index contributed by atoms with van der Waals surface area (Å²) < 4.78 is 26.6. The van der Waals surface area contributed by atoms with Crippen molar-refractivity contribution in [1.29, 1.82) is 0 Å². The summed E-state index contributed by atoms with van der Waals surface area (Å²) in [6.07, 6.45) is 1.82. The third-order valence-corrected chi connectivity index (χ3v) is 3.92. The van der Waals surface area contributed by atoms with Crippen molar-refractivity contribution < 1.29 is 18.4 Å². The van der Waals surface area contributed by atoms with E-state index in [1.807, 2.05) is 0 Å². The molecule has 1 heterocycles. The first kappa shape index (κ1) is 13.5. The van der Waals surface area contributed by atoms with Crippen molar-refractivity contribution in [1.82, 2.24) is 5.06 Å². The van der Waals surface area contributed by atoms with Crippen LogP contribution in [0.2, 0.25) is 0 Å². The molecule has 1 aliphatic heterocycles. The first-order valence-electron chi connectivity index (χ1n) is 6.72. The van der Waals surface area contributed by atoms with Crippen molar-refractivity contribution in [2.24, 2.45) is 11.7 Å². The minimum Gasteiger partial charge on any atom is -0.328 e. The maximum Gasteiger partial charge on any atom is 0.249 e. The highest BCUT2D eigenvalue weighted by molar-refractivity contribution is 5.79. The zero-order valence-corrected chi connectivity index (χ0v) is 10.9. The van der Waals surface area contributed by atoms with Crippen LogP contribution in [0.3, 0.4) is 0 Å². The molecule has 2 fully saturated rings. The van der Waals surface area contributed by atoms with Crippen molar-refractivity contribution in [3.8, 4) is 0 Å². The molecule has 1 saturated carbocycles. The van der Waals surface area contributed by atoms with Gasteiger partial charge in [-0.2, -0.15) is 0 Å². The Kier molecular flexibility index (Phi) is 3.43. The van der Waals surface area contributed by atoms with Gasteiger partial charge in [0, 0.05) is 24.4 Å². The smallest absolute Gasteiger partial charge is 0.249 e. The number of nitrogens with two attached hydrogens (primary N) is 1. The van der Waals surface area contributed by atoms with Gasteiger partial charge in [0.1, 0.15) is 11.6 Å². The number of hydroxylamine groups is 2. The number of halogens is 2. The number of benzene rings is 1. The number of hydrogen-bond donors (Lipinski definition) is 1. The molecular formula is C14H16F2N2O2. The van der Waals surface area contributed by atoms with E-state index in [-0.39, 0.29) is 17.9 Å². The Labute approximate surface area is 115 Å². The summed E-state index contributed by atoms with van der Waals surface area (Å²) in [6.45, 7) is 0.368. The van der Waals surface area contributed by atoms with E-state index in [4.69, 9.17) is 10.6 Å². The average molecular weight is 282 g/mol. The predicted octanol–water partition coefficient (Wildman–Crippen LogP) is 1.91. The van der Waals surface area contributed by atoms with Crippen LogP contribution in [0.15, 0.2) is 18.2 Å². The standard InChI is InChI=1S/C14H16F2N2O2/c15-10-3-8(4-11(16)7-10)13-1-2-20-18(13)14(19)9-5-12(17)6-9/h3-4,7,9,12-13H,1-2,5-6,17H2/t9-,12+,13-/m0/s1. The second kappa shape index (κ2) is 5.10. The summed E-state index contributed by atoms with van der Waals surface area (Å²) in [5.74, 6) is -1.57. The van der Waals surface area contributed by atoms with Gasteiger partial charge in [0.25, 0.3) is 0 Å². The Balaban J connectivity index is 1.79. The van der Waals surface area contributed by atoms with E-state index in [2.05, 4.69) is 0 Å². The van der Waals surface area contributed by atoms with Crippen LogP contribution < -0.4 is 5.73 Å². The first-order chi connectivity index (χ1) is 9.54. The summed E-state index contributed by atoms with van der Waals surface area (Å²) in [5, 5.41) is 1.27. The van der Waals surface area contributed by atoms with Crippen LogP contribution in [-0.4, -0.2) is 23.6 Å². The third-order valence-electron chi connectivity index (χ3n) is 3.92. The normalized spacial score (nSPS) is 29.4. The van der Waals surface area contributed by atoms with Crippen LogP contribution in [0.1, 0.15) is 30.9 Å². The Bertz CT molecular complexity index is 512. The summed E-state index contributed by atoms with van der Waals surface area (Å²) in [6, 6.07) is 2.95. The molecule has 1 aliphatic carbocycles. The quantitative estimate of drug-likeness (QED) is 0.901. The van der Waals surface area contributed by atoms with Gasteiger partial charge in [-0.05, 0) is 30.5 Å². The zero-order chi connectivity index (χ0) is 14.3. The fraction of sp³-hybridized carbons (Fsp3) is 0.500. The molecule has 0 bridgehead atoms. The molecule has 2 N–H and O–H groups in total. The fourth-order valence-corrected chi connectivity index (χ4v) is 2.80. The number of rotatable bonds is 2. The fourth-order valence-electron chi connectivity index (χ4n) is 2.80. The van der Waals surface area contributed by atoms with Crippen LogP contribution in [0, 0.1) is 17.6 Å². The van der Waals surface area contributed by atoms with Crippen LogP contribution >= 0.6 is 0 Å². The lowest BCUT2D eigenvalue weighted by atomic mass is 9.80. The highest BCUT2D eigenvalue weighted by Crippen LogP contribution is 2.36. The van der Waals surface area contributed by atoms with Crippen molar-refractivity contribution >= 4 is 5.91 Å². The molecule has 20 heavy (non-hydrogen) atoms. The highest BCUT2D eigenvalue weighted by atomic mass is 19.1. The minimum absolute atomic E-state index is 0.0663. The van der Waals surface area contributed by atoms with Gasteiger partial charge in [0.15, 0.2) is 0 Å². The Morgan fingerprint density at radius 3 is 2.50 bits per heavy atom. The van der Waals surface area contributed by atoms with Crippen molar-refractivity contribution in [2.75, 3.05) is 6.61 Å². The van der Waals surface area contributed by atoms with Crippen molar-refractivity contribution in [2.45, 2.75) is 31.3 Å². The van der Waals surface area contributed by atoms with Crippen LogP contribution in [0.25, 0.3) is 0 Å². The molecule has 108 valence electrons. The molecular weight excluding hydrogens is 266 g/mol. The molecule has 6 heteroatoms. The van der Waals surface area contributed by atoms with Gasteiger partial charge in [-0.25, -0.2) is 13.8 Å². The zero-order valence-electron chi connectivity index (χ0n) is 10.9. The van der Waals surface area contributed by atoms with Gasteiger partial charge < -0.3 is 5.73 Å². The van der Waals surface area contributed by atoms with Crippen LogP contribution in [-0.2, 0) is 9.63 Å². The molecule has 2 aliphatic rings. The summed E-state index contributed by atoms with van der Waals surface area (Å²) in [4.78, 5) is 17.6. The van der Waals surface area contributed by atoms with Crippen LogP contribution in [0.4, 0.5) is 8.78 Å². The second-order valence-electron chi connectivity index (χ2n) is 5.43. The number of hydrogen-bond acceptors (Lipinski definition) is 3. The Morgan fingerprint density at radius 1 is 1.25 bits per heavy atom. The largest absolute Gasteiger partial charge is 0.328 e. The lowest BCUT2D eigenvalue weighted by molar-refractivity contribution is -0.185. The number of nitrogens with zero attached hydrogens (tertiary/aromatic N) is 1. The Morgan fingerprint density at radius 2 is 1.90 bits per heavy atom. The van der Waals surface area contributed by atoms with Gasteiger partial charge >= 0.3 is 0 Å². The van der Waals surface area contributed by atoms with E-state index in [9.17, 15) is 13.6 Å². The maximum absolute atomic E-state index is 13.3. The topological polar surface area (TPSA) is 55.6 Å². The molecule has 0 unspecified atom stereocenters. The van der Waals surface area contributed by atoms with Crippen molar-refractivity contribution in [3.63, 3.8) is 0 Å². The van der Waals surface area contributed by atoms with Crippen LogP contribution in [0.5, 0.6) is 0 Å². The molecule has 0 spiro atoms. The molecule has 1 aromatic carbocycles. The number of carbonyl (C=O) groups is 1. The van der Waals surface area contributed by atoms with Gasteiger partial charge in [-0.1, -0.05) is 0 Å². The van der Waals surface area contributed by atoms with Gasteiger partial charge in [-0.15, -0.1) is 0 Å². The van der Waals surface area contributed by atoms with Gasteiger partial charge in [-0.3, -0.25) is 9.63 Å². The van der Waals surface area contributed by atoms with Gasteiger partial charge in [0.2, 0.25) is 5.91 Å². The molecule has 1 atom stereocenters.